The molecule has 28 heavy (non-hydrogen) atoms. The van der Waals surface area contributed by atoms with Gasteiger partial charge >= 0.3 is 0 Å². The van der Waals surface area contributed by atoms with Crippen LogP contribution in [0.5, 0.6) is 0 Å². The van der Waals surface area contributed by atoms with Gasteiger partial charge in [-0.3, -0.25) is 4.90 Å². The predicted octanol–water partition coefficient (Wildman–Crippen LogP) is 3.59. The summed E-state index contributed by atoms with van der Waals surface area (Å²) in [6.45, 7) is 6.71. The first-order valence-electron chi connectivity index (χ1n) is 9.38. The minimum absolute atomic E-state index is 0.238. The Morgan fingerprint density at radius 2 is 1.71 bits per heavy atom. The smallest absolute Gasteiger partial charge is 0.268 e. The van der Waals surface area contributed by atoms with E-state index in [1.54, 1.807) is 31.3 Å². The minimum atomic E-state index is -3.72. The van der Waals surface area contributed by atoms with Crippen LogP contribution in [0.15, 0.2) is 53.6 Å². The van der Waals surface area contributed by atoms with Crippen molar-refractivity contribution < 1.29 is 8.42 Å². The van der Waals surface area contributed by atoms with Crippen molar-refractivity contribution in [2.75, 3.05) is 33.2 Å². The molecule has 0 bridgehead atoms. The number of piperazine rings is 1. The number of aromatic nitrogens is 1. The zero-order chi connectivity index (χ0) is 19.9. The van der Waals surface area contributed by atoms with Crippen LogP contribution in [0.2, 0.25) is 5.02 Å². The van der Waals surface area contributed by atoms with Crippen LogP contribution in [-0.2, 0) is 16.6 Å². The molecule has 4 rings (SSSR count). The highest BCUT2D eigenvalue weighted by Crippen LogP contribution is 2.29. The van der Waals surface area contributed by atoms with Gasteiger partial charge in [-0.1, -0.05) is 29.8 Å². The standard InChI is InChI=1S/C21H24ClN3O2S/c1-16-19(22)6-4-8-21(16)28(26,27)25-10-9-18-17(5-3-7-20(18)25)15-24-13-11-23(2)12-14-24/h3-10H,11-15H2,1-2H3. The molecule has 0 unspecified atom stereocenters. The summed E-state index contributed by atoms with van der Waals surface area (Å²) in [4.78, 5) is 4.98. The fourth-order valence-corrected chi connectivity index (χ4v) is 5.60. The molecular formula is C21H24ClN3O2S. The molecule has 3 aromatic rings. The topological polar surface area (TPSA) is 45.6 Å². The second-order valence-electron chi connectivity index (χ2n) is 7.41. The number of benzene rings is 2. The zero-order valence-corrected chi connectivity index (χ0v) is 17.7. The van der Waals surface area contributed by atoms with Gasteiger partial charge in [-0.25, -0.2) is 12.4 Å². The molecule has 0 radical (unpaired) electrons. The van der Waals surface area contributed by atoms with Gasteiger partial charge in [0.25, 0.3) is 10.0 Å². The van der Waals surface area contributed by atoms with Crippen LogP contribution in [0.3, 0.4) is 0 Å². The molecule has 1 aromatic heterocycles. The van der Waals surface area contributed by atoms with Gasteiger partial charge in [-0.05, 0) is 49.4 Å². The normalized spacial score (nSPS) is 16.7. The van der Waals surface area contributed by atoms with E-state index in [4.69, 9.17) is 11.6 Å². The third kappa shape index (κ3) is 3.46. The molecule has 1 aliphatic heterocycles. The van der Waals surface area contributed by atoms with Gasteiger partial charge in [0, 0.05) is 49.3 Å². The number of hydrogen-bond donors (Lipinski definition) is 0. The summed E-state index contributed by atoms with van der Waals surface area (Å²) in [5.74, 6) is 0. The lowest BCUT2D eigenvalue weighted by atomic mass is 10.1. The van der Waals surface area contributed by atoms with Crippen LogP contribution in [-0.4, -0.2) is 55.4 Å². The highest BCUT2D eigenvalue weighted by Gasteiger charge is 2.23. The van der Waals surface area contributed by atoms with Crippen LogP contribution in [0.1, 0.15) is 11.1 Å². The maximum absolute atomic E-state index is 13.3. The Kier molecular flexibility index (Phi) is 5.22. The van der Waals surface area contributed by atoms with E-state index in [1.165, 1.54) is 3.97 Å². The molecule has 0 atom stereocenters. The van der Waals surface area contributed by atoms with Crippen LogP contribution >= 0.6 is 11.6 Å². The van der Waals surface area contributed by atoms with E-state index in [-0.39, 0.29) is 4.90 Å². The van der Waals surface area contributed by atoms with Crippen molar-refractivity contribution in [3.8, 4) is 0 Å². The SMILES string of the molecule is Cc1c(Cl)cccc1S(=O)(=O)n1ccc2c(CN3CCN(C)CC3)cccc21. The summed E-state index contributed by atoms with van der Waals surface area (Å²) < 4.78 is 28.0. The highest BCUT2D eigenvalue weighted by molar-refractivity contribution is 7.90. The maximum Gasteiger partial charge on any atom is 0.268 e. The second kappa shape index (κ2) is 7.52. The number of rotatable bonds is 4. The molecule has 2 heterocycles. The number of halogens is 1. The quantitative estimate of drug-likeness (QED) is 0.650. The summed E-state index contributed by atoms with van der Waals surface area (Å²) in [6.07, 6.45) is 1.65. The van der Waals surface area contributed by atoms with E-state index >= 15 is 0 Å². The monoisotopic (exact) mass is 417 g/mol. The van der Waals surface area contributed by atoms with Crippen molar-refractivity contribution in [3.05, 3.63) is 64.8 Å². The Balaban J connectivity index is 1.73. The molecule has 5 nitrogen and oxygen atoms in total. The van der Waals surface area contributed by atoms with Crippen LogP contribution < -0.4 is 0 Å². The van der Waals surface area contributed by atoms with E-state index in [2.05, 4.69) is 22.9 Å². The molecule has 1 fully saturated rings. The van der Waals surface area contributed by atoms with Crippen LogP contribution in [0, 0.1) is 6.92 Å². The van der Waals surface area contributed by atoms with Gasteiger partial charge in [0.05, 0.1) is 10.4 Å². The molecule has 7 heteroatoms. The molecule has 0 saturated carbocycles. The molecule has 1 aliphatic rings. The Labute approximate surface area is 171 Å². The number of nitrogens with zero attached hydrogens (tertiary/aromatic N) is 3. The summed E-state index contributed by atoms with van der Waals surface area (Å²) in [6, 6.07) is 12.8. The molecule has 0 aliphatic carbocycles. The van der Waals surface area contributed by atoms with E-state index in [0.29, 0.717) is 16.1 Å². The number of hydrogen-bond acceptors (Lipinski definition) is 4. The van der Waals surface area contributed by atoms with Crippen molar-refractivity contribution in [2.24, 2.45) is 0 Å². The lowest BCUT2D eigenvalue weighted by Crippen LogP contribution is -2.43. The Morgan fingerprint density at radius 1 is 1.00 bits per heavy atom. The Bertz CT molecular complexity index is 1120. The lowest BCUT2D eigenvalue weighted by molar-refractivity contribution is 0.148. The van der Waals surface area contributed by atoms with Crippen molar-refractivity contribution >= 4 is 32.5 Å². The first-order chi connectivity index (χ1) is 13.4. The van der Waals surface area contributed by atoms with Gasteiger partial charge < -0.3 is 4.90 Å². The van der Waals surface area contributed by atoms with E-state index in [0.717, 1.165) is 43.7 Å². The zero-order valence-electron chi connectivity index (χ0n) is 16.1. The van der Waals surface area contributed by atoms with Crippen LogP contribution in [0.4, 0.5) is 0 Å². The average Bonchev–Trinajstić information content (AvgIpc) is 3.12. The van der Waals surface area contributed by atoms with Crippen molar-refractivity contribution in [2.45, 2.75) is 18.4 Å². The van der Waals surface area contributed by atoms with Gasteiger partial charge in [0.2, 0.25) is 0 Å². The summed E-state index contributed by atoms with van der Waals surface area (Å²) >= 11 is 6.16. The van der Waals surface area contributed by atoms with Crippen LogP contribution in [0.25, 0.3) is 10.9 Å². The van der Waals surface area contributed by atoms with Gasteiger partial charge in [0.1, 0.15) is 0 Å². The first-order valence-corrected chi connectivity index (χ1v) is 11.2. The summed E-state index contributed by atoms with van der Waals surface area (Å²) in [5.41, 5.74) is 2.42. The molecule has 148 valence electrons. The number of likely N-dealkylation sites (N-methyl/N-ethyl adjacent to an activating group) is 1. The van der Waals surface area contributed by atoms with Crippen molar-refractivity contribution in [1.82, 2.24) is 13.8 Å². The van der Waals surface area contributed by atoms with Gasteiger partial charge in [0.15, 0.2) is 0 Å². The first kappa shape index (κ1) is 19.5. The number of fused-ring (bicyclic) bond motifs is 1. The molecule has 2 aromatic carbocycles. The lowest BCUT2D eigenvalue weighted by Gasteiger charge is -2.32. The predicted molar refractivity (Wildman–Crippen MR) is 113 cm³/mol. The van der Waals surface area contributed by atoms with E-state index in [1.807, 2.05) is 18.2 Å². The Morgan fingerprint density at radius 3 is 2.46 bits per heavy atom. The van der Waals surface area contributed by atoms with E-state index < -0.39 is 10.0 Å². The largest absolute Gasteiger partial charge is 0.304 e. The maximum atomic E-state index is 13.3. The molecule has 1 saturated heterocycles. The third-order valence-corrected chi connectivity index (χ3v) is 7.78. The fourth-order valence-electron chi connectivity index (χ4n) is 3.77. The Hall–Kier alpha value is -1.86. The van der Waals surface area contributed by atoms with E-state index in [9.17, 15) is 8.42 Å². The van der Waals surface area contributed by atoms with Crippen molar-refractivity contribution in [1.29, 1.82) is 0 Å². The molecular weight excluding hydrogens is 394 g/mol. The average molecular weight is 418 g/mol. The minimum Gasteiger partial charge on any atom is -0.304 e. The second-order valence-corrected chi connectivity index (χ2v) is 9.60. The summed E-state index contributed by atoms with van der Waals surface area (Å²) in [7, 11) is -1.58. The fraction of sp³-hybridized carbons (Fsp3) is 0.333. The third-order valence-electron chi connectivity index (χ3n) is 5.53. The van der Waals surface area contributed by atoms with Crippen molar-refractivity contribution in [3.63, 3.8) is 0 Å². The van der Waals surface area contributed by atoms with Gasteiger partial charge in [-0.2, -0.15) is 0 Å². The molecule has 0 amide bonds. The van der Waals surface area contributed by atoms with Gasteiger partial charge in [-0.15, -0.1) is 0 Å². The highest BCUT2D eigenvalue weighted by atomic mass is 35.5. The molecule has 0 spiro atoms. The summed E-state index contributed by atoms with van der Waals surface area (Å²) in [5, 5.41) is 1.43. The molecule has 0 N–H and O–H groups in total.